The fourth-order valence-electron chi connectivity index (χ4n) is 7.14. The summed E-state index contributed by atoms with van der Waals surface area (Å²) < 4.78 is 18.9. The van der Waals surface area contributed by atoms with Gasteiger partial charge >= 0.3 is 0 Å². The maximum Gasteiger partial charge on any atom is 0.144 e. The van der Waals surface area contributed by atoms with Gasteiger partial charge < -0.3 is 13.3 Å². The normalized spacial score (nSPS) is 12.2. The van der Waals surface area contributed by atoms with E-state index in [9.17, 15) is 0 Å². The van der Waals surface area contributed by atoms with Gasteiger partial charge in [0.25, 0.3) is 0 Å². The second kappa shape index (κ2) is 8.37. The van der Waals surface area contributed by atoms with Gasteiger partial charge in [0.15, 0.2) is 0 Å². The highest BCUT2D eigenvalue weighted by Gasteiger charge is 2.23. The molecule has 0 N–H and O–H groups in total. The minimum atomic E-state index is 0.851. The van der Waals surface area contributed by atoms with Crippen LogP contribution in [0.5, 0.6) is 0 Å². The Morgan fingerprint density at radius 2 is 0.930 bits per heavy atom. The SMILES string of the molecule is c1ccc2c(c1)oc1ccc(-c3c4ccccc4c(-c4cc5occc5c5c4oc4ccccc45)c4ccccc34)cc12. The van der Waals surface area contributed by atoms with Crippen molar-refractivity contribution in [1.82, 2.24) is 0 Å². The van der Waals surface area contributed by atoms with Crippen LogP contribution in [0.15, 0.2) is 147 Å². The third kappa shape index (κ3) is 3.08. The smallest absolute Gasteiger partial charge is 0.144 e. The van der Waals surface area contributed by atoms with Crippen molar-refractivity contribution in [3.05, 3.63) is 134 Å². The van der Waals surface area contributed by atoms with Crippen LogP contribution in [0, 0.1) is 0 Å². The monoisotopic (exact) mass is 550 g/mol. The third-order valence-electron chi connectivity index (χ3n) is 8.95. The zero-order valence-corrected chi connectivity index (χ0v) is 22.9. The van der Waals surface area contributed by atoms with Gasteiger partial charge in [-0.15, -0.1) is 0 Å². The Bertz CT molecular complexity index is 2680. The highest BCUT2D eigenvalue weighted by atomic mass is 16.3. The minimum Gasteiger partial charge on any atom is -0.464 e. The Kier molecular flexibility index (Phi) is 4.45. The molecule has 0 aliphatic rings. The molecule has 0 saturated carbocycles. The first-order valence-corrected chi connectivity index (χ1v) is 14.5. The highest BCUT2D eigenvalue weighted by molar-refractivity contribution is 6.28. The van der Waals surface area contributed by atoms with Crippen LogP contribution in [-0.2, 0) is 0 Å². The Morgan fingerprint density at radius 3 is 1.65 bits per heavy atom. The second-order valence-corrected chi connectivity index (χ2v) is 11.2. The predicted octanol–water partition coefficient (Wildman–Crippen LogP) is 11.9. The van der Waals surface area contributed by atoms with E-state index in [4.69, 9.17) is 13.3 Å². The molecule has 0 spiro atoms. The van der Waals surface area contributed by atoms with Crippen molar-refractivity contribution in [2.24, 2.45) is 0 Å². The Hall–Kier alpha value is -5.80. The molecule has 3 nitrogen and oxygen atoms in total. The van der Waals surface area contributed by atoms with Crippen LogP contribution in [0.25, 0.3) is 98.6 Å². The molecule has 0 aliphatic carbocycles. The van der Waals surface area contributed by atoms with E-state index in [0.29, 0.717) is 0 Å². The molecule has 3 aromatic heterocycles. The molecule has 3 heteroatoms. The van der Waals surface area contributed by atoms with Crippen molar-refractivity contribution in [1.29, 1.82) is 0 Å². The van der Waals surface area contributed by atoms with Gasteiger partial charge in [-0.2, -0.15) is 0 Å². The summed E-state index contributed by atoms with van der Waals surface area (Å²) in [5.41, 5.74) is 8.95. The van der Waals surface area contributed by atoms with Crippen LogP contribution >= 0.6 is 0 Å². The molecule has 0 amide bonds. The fraction of sp³-hybridized carbons (Fsp3) is 0. The summed E-state index contributed by atoms with van der Waals surface area (Å²) in [7, 11) is 0. The summed E-state index contributed by atoms with van der Waals surface area (Å²) in [5, 5.41) is 10.2. The standard InChI is InChI=1S/C40H22O3/c1-3-12-27-25(10-1)37(23-17-18-35-31(21-23)24-9-5-7-15-33(24)42-35)26-11-2-4-13-28(26)38(27)32-22-36-30(19-20-41-36)39-29-14-6-8-16-34(29)43-40(32)39/h1-22H. The van der Waals surface area contributed by atoms with Gasteiger partial charge in [-0.1, -0.05) is 91.0 Å². The van der Waals surface area contributed by atoms with Gasteiger partial charge in [0.05, 0.1) is 6.26 Å². The van der Waals surface area contributed by atoms with E-state index in [-0.39, 0.29) is 0 Å². The molecule has 3 heterocycles. The molecule has 10 aromatic rings. The largest absolute Gasteiger partial charge is 0.464 e. The minimum absolute atomic E-state index is 0.851. The molecule has 0 fully saturated rings. The number of para-hydroxylation sites is 2. The van der Waals surface area contributed by atoms with E-state index in [2.05, 4.69) is 97.1 Å². The maximum absolute atomic E-state index is 6.66. The molecule has 10 rings (SSSR count). The number of hydrogen-bond donors (Lipinski definition) is 0. The van der Waals surface area contributed by atoms with E-state index in [1.165, 1.54) is 27.1 Å². The summed E-state index contributed by atoms with van der Waals surface area (Å²) in [6.45, 7) is 0. The predicted molar refractivity (Wildman–Crippen MR) is 177 cm³/mol. The molecule has 0 atom stereocenters. The van der Waals surface area contributed by atoms with Gasteiger partial charge in [0.2, 0.25) is 0 Å². The molecular formula is C40H22O3. The lowest BCUT2D eigenvalue weighted by Gasteiger charge is -2.18. The van der Waals surface area contributed by atoms with Crippen LogP contribution in [0.2, 0.25) is 0 Å². The average molecular weight is 551 g/mol. The summed E-state index contributed by atoms with van der Waals surface area (Å²) in [6, 6.07) is 44.7. The number of rotatable bonds is 2. The van der Waals surface area contributed by atoms with E-state index in [1.54, 1.807) is 6.26 Å². The number of fused-ring (bicyclic) bond motifs is 10. The maximum atomic E-state index is 6.66. The molecule has 200 valence electrons. The van der Waals surface area contributed by atoms with Crippen molar-refractivity contribution in [3.8, 4) is 22.3 Å². The van der Waals surface area contributed by atoms with Crippen molar-refractivity contribution >= 4 is 76.4 Å². The number of benzene rings is 7. The molecule has 0 saturated heterocycles. The zero-order chi connectivity index (χ0) is 28.1. The van der Waals surface area contributed by atoms with Gasteiger partial charge in [0, 0.05) is 38.1 Å². The summed E-state index contributed by atoms with van der Waals surface area (Å²) in [5.74, 6) is 0. The van der Waals surface area contributed by atoms with Crippen molar-refractivity contribution < 1.29 is 13.3 Å². The van der Waals surface area contributed by atoms with Gasteiger partial charge in [0.1, 0.15) is 27.9 Å². The summed E-state index contributed by atoms with van der Waals surface area (Å²) >= 11 is 0. The van der Waals surface area contributed by atoms with Gasteiger partial charge in [-0.25, -0.2) is 0 Å². The Labute approximate surface area is 245 Å². The molecule has 43 heavy (non-hydrogen) atoms. The lowest BCUT2D eigenvalue weighted by molar-refractivity contribution is 0.615. The number of furan rings is 3. The molecule has 0 unspecified atom stereocenters. The quantitative estimate of drug-likeness (QED) is 0.201. The number of hydrogen-bond acceptors (Lipinski definition) is 3. The summed E-state index contributed by atoms with van der Waals surface area (Å²) in [4.78, 5) is 0. The van der Waals surface area contributed by atoms with Gasteiger partial charge in [-0.05, 0) is 69.1 Å². The molecule has 0 bridgehead atoms. The van der Waals surface area contributed by atoms with Crippen LogP contribution in [0.3, 0.4) is 0 Å². The van der Waals surface area contributed by atoms with Crippen LogP contribution in [0.4, 0.5) is 0 Å². The molecule has 0 aliphatic heterocycles. The zero-order valence-electron chi connectivity index (χ0n) is 22.9. The molecule has 7 aromatic carbocycles. The molecular weight excluding hydrogens is 528 g/mol. The van der Waals surface area contributed by atoms with E-state index in [1.807, 2.05) is 30.3 Å². The highest BCUT2D eigenvalue weighted by Crippen LogP contribution is 2.48. The Balaban J connectivity index is 1.37. The van der Waals surface area contributed by atoms with Crippen LogP contribution in [-0.4, -0.2) is 0 Å². The first-order chi connectivity index (χ1) is 21.3. The lowest BCUT2D eigenvalue weighted by Crippen LogP contribution is -1.91. The first-order valence-electron chi connectivity index (χ1n) is 14.5. The first kappa shape index (κ1) is 22.8. The average Bonchev–Trinajstić information content (AvgIpc) is 3.78. The van der Waals surface area contributed by atoms with E-state index >= 15 is 0 Å². The Morgan fingerprint density at radius 1 is 0.372 bits per heavy atom. The van der Waals surface area contributed by atoms with Gasteiger partial charge in [-0.3, -0.25) is 0 Å². The van der Waals surface area contributed by atoms with Crippen molar-refractivity contribution in [2.45, 2.75) is 0 Å². The third-order valence-corrected chi connectivity index (χ3v) is 8.95. The molecule has 0 radical (unpaired) electrons. The van der Waals surface area contributed by atoms with Crippen molar-refractivity contribution in [2.75, 3.05) is 0 Å². The van der Waals surface area contributed by atoms with E-state index in [0.717, 1.165) is 71.5 Å². The van der Waals surface area contributed by atoms with E-state index < -0.39 is 0 Å². The topological polar surface area (TPSA) is 39.4 Å². The summed E-state index contributed by atoms with van der Waals surface area (Å²) in [6.07, 6.45) is 1.77. The van der Waals surface area contributed by atoms with Crippen LogP contribution < -0.4 is 0 Å². The van der Waals surface area contributed by atoms with Crippen molar-refractivity contribution in [3.63, 3.8) is 0 Å². The lowest BCUT2D eigenvalue weighted by atomic mass is 9.85. The van der Waals surface area contributed by atoms with Crippen LogP contribution in [0.1, 0.15) is 0 Å². The fourth-order valence-corrected chi connectivity index (χ4v) is 7.14. The second-order valence-electron chi connectivity index (χ2n) is 11.2.